The summed E-state index contributed by atoms with van der Waals surface area (Å²) in [5.74, 6) is 0.754. The fraction of sp³-hybridized carbons (Fsp3) is 0.357. The van der Waals surface area contributed by atoms with Gasteiger partial charge in [0.05, 0.1) is 0 Å². The van der Waals surface area contributed by atoms with E-state index in [0.29, 0.717) is 0 Å². The first-order valence-electron chi connectivity index (χ1n) is 6.05. The molecule has 0 radical (unpaired) electrons. The van der Waals surface area contributed by atoms with Crippen molar-refractivity contribution in [2.45, 2.75) is 32.4 Å². The summed E-state index contributed by atoms with van der Waals surface area (Å²) in [4.78, 5) is 4.08. The van der Waals surface area contributed by atoms with Crippen molar-refractivity contribution in [2.24, 2.45) is 0 Å². The molecular formula is C14H18N2O. The van der Waals surface area contributed by atoms with E-state index in [1.807, 2.05) is 16.8 Å². The van der Waals surface area contributed by atoms with Crippen LogP contribution in [0.2, 0.25) is 0 Å². The van der Waals surface area contributed by atoms with Crippen LogP contribution in [-0.2, 0) is 19.6 Å². The Bertz CT molecular complexity index is 436. The number of aryl methyl sites for hydroxylation is 2. The van der Waals surface area contributed by atoms with E-state index in [-0.39, 0.29) is 6.61 Å². The lowest BCUT2D eigenvalue weighted by molar-refractivity contribution is 0.264. The van der Waals surface area contributed by atoms with Gasteiger partial charge in [-0.2, -0.15) is 0 Å². The van der Waals surface area contributed by atoms with Gasteiger partial charge in [0, 0.05) is 18.9 Å². The Hall–Kier alpha value is -1.61. The average Bonchev–Trinajstić information content (AvgIpc) is 2.83. The lowest BCUT2D eigenvalue weighted by atomic mass is 10.1. The molecule has 0 aliphatic heterocycles. The lowest BCUT2D eigenvalue weighted by Gasteiger charge is -2.06. The number of aliphatic hydroxyl groups excluding tert-OH is 1. The highest BCUT2D eigenvalue weighted by Crippen LogP contribution is 2.06. The van der Waals surface area contributed by atoms with E-state index in [4.69, 9.17) is 5.11 Å². The first kappa shape index (κ1) is 11.9. The van der Waals surface area contributed by atoms with Gasteiger partial charge in [0.25, 0.3) is 0 Å². The number of benzene rings is 1. The van der Waals surface area contributed by atoms with Crippen molar-refractivity contribution < 1.29 is 5.11 Å². The van der Waals surface area contributed by atoms with Crippen molar-refractivity contribution in [2.75, 3.05) is 0 Å². The maximum Gasteiger partial charge on any atom is 0.134 e. The van der Waals surface area contributed by atoms with Gasteiger partial charge >= 0.3 is 0 Å². The first-order valence-corrected chi connectivity index (χ1v) is 6.05. The van der Waals surface area contributed by atoms with Crippen LogP contribution >= 0.6 is 0 Å². The van der Waals surface area contributed by atoms with Gasteiger partial charge in [0.1, 0.15) is 12.4 Å². The van der Waals surface area contributed by atoms with Crippen LogP contribution < -0.4 is 0 Å². The third-order valence-electron chi connectivity index (χ3n) is 2.90. The molecule has 0 aliphatic rings. The fourth-order valence-corrected chi connectivity index (χ4v) is 1.95. The van der Waals surface area contributed by atoms with E-state index in [0.717, 1.165) is 31.6 Å². The molecule has 2 aromatic rings. The number of aromatic nitrogens is 2. The Morgan fingerprint density at radius 2 is 1.94 bits per heavy atom. The second-order valence-corrected chi connectivity index (χ2v) is 4.14. The van der Waals surface area contributed by atoms with Crippen LogP contribution in [0.15, 0.2) is 42.7 Å². The van der Waals surface area contributed by atoms with Crippen molar-refractivity contribution in [1.29, 1.82) is 0 Å². The van der Waals surface area contributed by atoms with Crippen LogP contribution in [0.4, 0.5) is 0 Å². The molecule has 17 heavy (non-hydrogen) atoms. The van der Waals surface area contributed by atoms with E-state index >= 15 is 0 Å². The Morgan fingerprint density at radius 1 is 1.12 bits per heavy atom. The number of rotatable bonds is 6. The van der Waals surface area contributed by atoms with Gasteiger partial charge < -0.3 is 9.67 Å². The third kappa shape index (κ3) is 3.43. The predicted octanol–water partition coefficient (Wildman–Crippen LogP) is 2.40. The summed E-state index contributed by atoms with van der Waals surface area (Å²) in [5.41, 5.74) is 1.39. The Labute approximate surface area is 102 Å². The first-order chi connectivity index (χ1) is 8.40. The number of nitrogens with zero attached hydrogens (tertiary/aromatic N) is 2. The minimum atomic E-state index is 0.0195. The molecule has 3 nitrogen and oxygen atoms in total. The highest BCUT2D eigenvalue weighted by atomic mass is 16.3. The zero-order valence-electron chi connectivity index (χ0n) is 9.92. The molecule has 90 valence electrons. The van der Waals surface area contributed by atoms with E-state index in [9.17, 15) is 0 Å². The molecule has 1 heterocycles. The molecule has 0 saturated heterocycles. The Kier molecular flexibility index (Phi) is 4.33. The van der Waals surface area contributed by atoms with Crippen LogP contribution in [0, 0.1) is 0 Å². The Balaban J connectivity index is 1.73. The summed E-state index contributed by atoms with van der Waals surface area (Å²) in [5, 5.41) is 9.06. The maximum absolute atomic E-state index is 9.06. The van der Waals surface area contributed by atoms with Gasteiger partial charge in [-0.25, -0.2) is 4.98 Å². The van der Waals surface area contributed by atoms with Gasteiger partial charge in [-0.3, -0.25) is 0 Å². The van der Waals surface area contributed by atoms with Crippen molar-refractivity contribution in [1.82, 2.24) is 9.55 Å². The van der Waals surface area contributed by atoms with Gasteiger partial charge in [-0.1, -0.05) is 30.3 Å². The highest BCUT2D eigenvalue weighted by Gasteiger charge is 2.00. The van der Waals surface area contributed by atoms with E-state index in [2.05, 4.69) is 29.2 Å². The minimum Gasteiger partial charge on any atom is -0.388 e. The highest BCUT2D eigenvalue weighted by molar-refractivity contribution is 5.14. The molecule has 0 fully saturated rings. The van der Waals surface area contributed by atoms with Gasteiger partial charge in [-0.15, -0.1) is 0 Å². The molecule has 0 unspecified atom stereocenters. The summed E-state index contributed by atoms with van der Waals surface area (Å²) in [6.45, 7) is 0.953. The van der Waals surface area contributed by atoms with Crippen molar-refractivity contribution in [3.63, 3.8) is 0 Å². The third-order valence-corrected chi connectivity index (χ3v) is 2.90. The van der Waals surface area contributed by atoms with E-state index in [1.165, 1.54) is 5.56 Å². The summed E-state index contributed by atoms with van der Waals surface area (Å²) >= 11 is 0. The Morgan fingerprint density at radius 3 is 2.71 bits per heavy atom. The SMILES string of the molecule is OCc1nccn1CCCCc1ccccc1. The van der Waals surface area contributed by atoms with Gasteiger partial charge in [0.15, 0.2) is 0 Å². The second kappa shape index (κ2) is 6.21. The number of hydrogen-bond acceptors (Lipinski definition) is 2. The van der Waals surface area contributed by atoms with Crippen LogP contribution in [-0.4, -0.2) is 14.7 Å². The molecule has 0 aliphatic carbocycles. The maximum atomic E-state index is 9.06. The molecule has 0 amide bonds. The van der Waals surface area contributed by atoms with Crippen molar-refractivity contribution >= 4 is 0 Å². The van der Waals surface area contributed by atoms with Crippen molar-refractivity contribution in [3.8, 4) is 0 Å². The monoisotopic (exact) mass is 230 g/mol. The largest absolute Gasteiger partial charge is 0.388 e. The molecular weight excluding hydrogens is 212 g/mol. The number of imidazole rings is 1. The molecule has 1 N–H and O–H groups in total. The quantitative estimate of drug-likeness (QED) is 0.774. The van der Waals surface area contributed by atoms with Gasteiger partial charge in [0.2, 0.25) is 0 Å². The van der Waals surface area contributed by atoms with E-state index < -0.39 is 0 Å². The molecule has 0 saturated carbocycles. The molecule has 0 bridgehead atoms. The van der Waals surface area contributed by atoms with Crippen LogP contribution in [0.5, 0.6) is 0 Å². The fourth-order valence-electron chi connectivity index (χ4n) is 1.95. The molecule has 1 aromatic heterocycles. The number of hydrogen-bond donors (Lipinski definition) is 1. The summed E-state index contributed by atoms with van der Waals surface area (Å²) in [6.07, 6.45) is 7.05. The molecule has 2 rings (SSSR count). The summed E-state index contributed by atoms with van der Waals surface area (Å²) < 4.78 is 2.02. The average molecular weight is 230 g/mol. The van der Waals surface area contributed by atoms with Gasteiger partial charge in [-0.05, 0) is 24.8 Å². The standard InChI is InChI=1S/C14H18N2O/c17-12-14-15-9-11-16(14)10-5-4-8-13-6-2-1-3-7-13/h1-3,6-7,9,11,17H,4-5,8,10,12H2. The predicted molar refractivity (Wildman–Crippen MR) is 67.5 cm³/mol. The van der Waals surface area contributed by atoms with Crippen molar-refractivity contribution in [3.05, 3.63) is 54.1 Å². The normalized spacial score (nSPS) is 10.6. The van der Waals surface area contributed by atoms with Crippen LogP contribution in [0.25, 0.3) is 0 Å². The topological polar surface area (TPSA) is 38.1 Å². The lowest BCUT2D eigenvalue weighted by Crippen LogP contribution is -2.03. The van der Waals surface area contributed by atoms with Crippen LogP contribution in [0.1, 0.15) is 24.2 Å². The number of unbranched alkanes of at least 4 members (excludes halogenated alkanes) is 1. The molecule has 0 atom stereocenters. The summed E-state index contributed by atoms with van der Waals surface area (Å²) in [6, 6.07) is 10.5. The summed E-state index contributed by atoms with van der Waals surface area (Å²) in [7, 11) is 0. The number of aliphatic hydroxyl groups is 1. The molecule has 3 heteroatoms. The van der Waals surface area contributed by atoms with E-state index in [1.54, 1.807) is 6.20 Å². The van der Waals surface area contributed by atoms with Crippen LogP contribution in [0.3, 0.4) is 0 Å². The smallest absolute Gasteiger partial charge is 0.134 e. The molecule has 0 spiro atoms. The zero-order chi connectivity index (χ0) is 11.9. The minimum absolute atomic E-state index is 0.0195. The zero-order valence-corrected chi connectivity index (χ0v) is 9.92. The molecule has 1 aromatic carbocycles. The second-order valence-electron chi connectivity index (χ2n) is 4.14.